The van der Waals surface area contributed by atoms with Gasteiger partial charge in [-0.15, -0.1) is 0 Å². The molecule has 0 saturated heterocycles. The van der Waals surface area contributed by atoms with Crippen LogP contribution in [0.15, 0.2) is 22.7 Å². The molecule has 5 heteroatoms. The fraction of sp³-hybridized carbons (Fsp3) is 0.579. The Labute approximate surface area is 151 Å². The van der Waals surface area contributed by atoms with E-state index >= 15 is 0 Å². The average Bonchev–Trinajstić information content (AvgIpc) is 2.98. The number of benzene rings is 1. The van der Waals surface area contributed by atoms with Crippen LogP contribution in [0.4, 0.5) is 0 Å². The van der Waals surface area contributed by atoms with Crippen LogP contribution in [0.2, 0.25) is 0 Å². The molecule has 2 amide bonds. The zero-order valence-corrected chi connectivity index (χ0v) is 15.5. The van der Waals surface area contributed by atoms with Gasteiger partial charge >= 0.3 is 0 Å². The summed E-state index contributed by atoms with van der Waals surface area (Å²) < 4.78 is 1.11. The molecule has 0 bridgehead atoms. The zero-order chi connectivity index (χ0) is 16.9. The Morgan fingerprint density at radius 2 is 1.88 bits per heavy atom. The van der Waals surface area contributed by atoms with E-state index in [9.17, 15) is 9.59 Å². The number of fused-ring (bicyclic) bond motifs is 1. The van der Waals surface area contributed by atoms with Crippen molar-refractivity contribution in [2.45, 2.75) is 57.4 Å². The van der Waals surface area contributed by atoms with E-state index in [1.54, 1.807) is 0 Å². The first-order valence-corrected chi connectivity index (χ1v) is 9.76. The second-order valence-electron chi connectivity index (χ2n) is 6.95. The van der Waals surface area contributed by atoms with Crippen LogP contribution in [0.3, 0.4) is 0 Å². The SMILES string of the molecule is O=C(CC1CCCCC1)NCC(=O)NC1CCc2c(Br)cccc21. The molecule has 1 atom stereocenters. The van der Waals surface area contributed by atoms with Crippen molar-refractivity contribution in [2.24, 2.45) is 5.92 Å². The molecule has 2 N–H and O–H groups in total. The van der Waals surface area contributed by atoms with Gasteiger partial charge in [-0.3, -0.25) is 9.59 Å². The third kappa shape index (κ3) is 4.38. The number of nitrogens with one attached hydrogen (secondary N) is 2. The predicted octanol–water partition coefficient (Wildman–Crippen LogP) is 3.64. The van der Waals surface area contributed by atoms with E-state index in [1.807, 2.05) is 12.1 Å². The van der Waals surface area contributed by atoms with Gasteiger partial charge in [0, 0.05) is 10.9 Å². The highest BCUT2D eigenvalue weighted by atomic mass is 79.9. The molecule has 2 aliphatic rings. The summed E-state index contributed by atoms with van der Waals surface area (Å²) >= 11 is 3.57. The Morgan fingerprint density at radius 3 is 2.67 bits per heavy atom. The predicted molar refractivity (Wildman–Crippen MR) is 97.5 cm³/mol. The minimum Gasteiger partial charge on any atom is -0.348 e. The first-order chi connectivity index (χ1) is 11.6. The lowest BCUT2D eigenvalue weighted by molar-refractivity contribution is -0.127. The van der Waals surface area contributed by atoms with E-state index in [-0.39, 0.29) is 24.4 Å². The monoisotopic (exact) mass is 392 g/mol. The second-order valence-corrected chi connectivity index (χ2v) is 7.81. The minimum atomic E-state index is -0.107. The van der Waals surface area contributed by atoms with Gasteiger partial charge in [-0.2, -0.15) is 0 Å². The summed E-state index contributed by atoms with van der Waals surface area (Å²) in [5.74, 6) is 0.400. The fourth-order valence-electron chi connectivity index (χ4n) is 3.91. The Balaban J connectivity index is 1.43. The summed E-state index contributed by atoms with van der Waals surface area (Å²) in [6.45, 7) is 0.0748. The number of amides is 2. The molecule has 2 aliphatic carbocycles. The number of hydrogen-bond acceptors (Lipinski definition) is 2. The largest absolute Gasteiger partial charge is 0.348 e. The lowest BCUT2D eigenvalue weighted by Crippen LogP contribution is -2.38. The Morgan fingerprint density at radius 1 is 1.08 bits per heavy atom. The van der Waals surface area contributed by atoms with Gasteiger partial charge in [0.05, 0.1) is 12.6 Å². The van der Waals surface area contributed by atoms with E-state index in [1.165, 1.54) is 30.4 Å². The van der Waals surface area contributed by atoms with Crippen molar-refractivity contribution in [3.8, 4) is 0 Å². The van der Waals surface area contributed by atoms with Gasteiger partial charge in [-0.05, 0) is 48.8 Å². The fourth-order valence-corrected chi connectivity index (χ4v) is 4.49. The number of hydrogen-bond donors (Lipinski definition) is 2. The molecular weight excluding hydrogens is 368 g/mol. The van der Waals surface area contributed by atoms with Crippen LogP contribution in [0, 0.1) is 5.92 Å². The molecule has 3 rings (SSSR count). The second kappa shape index (κ2) is 8.15. The van der Waals surface area contributed by atoms with Gasteiger partial charge in [-0.25, -0.2) is 0 Å². The molecule has 130 valence electrons. The van der Waals surface area contributed by atoms with Gasteiger partial charge in [0.2, 0.25) is 11.8 Å². The molecule has 24 heavy (non-hydrogen) atoms. The molecule has 0 aliphatic heterocycles. The van der Waals surface area contributed by atoms with Crippen LogP contribution < -0.4 is 10.6 Å². The summed E-state index contributed by atoms with van der Waals surface area (Å²) in [6, 6.07) is 6.16. The van der Waals surface area contributed by atoms with Crippen LogP contribution in [0.25, 0.3) is 0 Å². The van der Waals surface area contributed by atoms with E-state index < -0.39 is 0 Å². The maximum atomic E-state index is 12.2. The van der Waals surface area contributed by atoms with Crippen molar-refractivity contribution < 1.29 is 9.59 Å². The molecule has 0 heterocycles. The molecule has 0 aromatic heterocycles. The Kier molecular flexibility index (Phi) is 5.93. The molecule has 0 spiro atoms. The molecule has 1 aromatic carbocycles. The molecule has 4 nitrogen and oxygen atoms in total. The standard InChI is InChI=1S/C19H25BrN2O2/c20-16-8-4-7-15-14(16)9-10-17(15)22-19(24)12-21-18(23)11-13-5-2-1-3-6-13/h4,7-8,13,17H,1-3,5-6,9-12H2,(H,21,23)(H,22,24). The first kappa shape index (κ1) is 17.5. The van der Waals surface area contributed by atoms with E-state index in [4.69, 9.17) is 0 Å². The smallest absolute Gasteiger partial charge is 0.239 e. The van der Waals surface area contributed by atoms with Crippen LogP contribution in [-0.4, -0.2) is 18.4 Å². The topological polar surface area (TPSA) is 58.2 Å². The van der Waals surface area contributed by atoms with Crippen LogP contribution in [0.5, 0.6) is 0 Å². The summed E-state index contributed by atoms with van der Waals surface area (Å²) in [5.41, 5.74) is 2.47. The number of halogens is 1. The number of carbonyl (C=O) groups excluding carboxylic acids is 2. The van der Waals surface area contributed by atoms with Crippen LogP contribution >= 0.6 is 15.9 Å². The van der Waals surface area contributed by atoms with Crippen molar-refractivity contribution in [2.75, 3.05) is 6.54 Å². The van der Waals surface area contributed by atoms with Crippen molar-refractivity contribution >= 4 is 27.7 Å². The molecule has 1 fully saturated rings. The van der Waals surface area contributed by atoms with Crippen molar-refractivity contribution in [1.82, 2.24) is 10.6 Å². The van der Waals surface area contributed by atoms with Crippen molar-refractivity contribution in [3.63, 3.8) is 0 Å². The quantitative estimate of drug-likeness (QED) is 0.803. The molecular formula is C19H25BrN2O2. The molecule has 1 unspecified atom stereocenters. The highest BCUT2D eigenvalue weighted by Crippen LogP contribution is 2.35. The third-order valence-corrected chi connectivity index (χ3v) is 5.94. The number of carbonyl (C=O) groups is 2. The third-order valence-electron chi connectivity index (χ3n) is 5.19. The summed E-state index contributed by atoms with van der Waals surface area (Å²) in [6.07, 6.45) is 8.49. The zero-order valence-electron chi connectivity index (χ0n) is 13.9. The normalized spacial score (nSPS) is 20.5. The Bertz CT molecular complexity index is 611. The molecule has 1 aromatic rings. The summed E-state index contributed by atoms with van der Waals surface area (Å²) in [7, 11) is 0. The molecule has 0 radical (unpaired) electrons. The van der Waals surface area contributed by atoms with E-state index in [2.05, 4.69) is 32.6 Å². The van der Waals surface area contributed by atoms with Gasteiger partial charge in [0.1, 0.15) is 0 Å². The minimum absolute atomic E-state index is 0.00613. The van der Waals surface area contributed by atoms with Crippen LogP contribution in [-0.2, 0) is 16.0 Å². The van der Waals surface area contributed by atoms with Gasteiger partial charge in [0.25, 0.3) is 0 Å². The summed E-state index contributed by atoms with van der Waals surface area (Å²) in [5, 5.41) is 5.83. The summed E-state index contributed by atoms with van der Waals surface area (Å²) in [4.78, 5) is 24.2. The first-order valence-electron chi connectivity index (χ1n) is 8.97. The Hall–Kier alpha value is -1.36. The van der Waals surface area contributed by atoms with Gasteiger partial charge in [0.15, 0.2) is 0 Å². The number of rotatable bonds is 5. The lowest BCUT2D eigenvalue weighted by Gasteiger charge is -2.21. The molecule has 1 saturated carbocycles. The maximum absolute atomic E-state index is 12.2. The average molecular weight is 393 g/mol. The van der Waals surface area contributed by atoms with E-state index in [0.29, 0.717) is 12.3 Å². The lowest BCUT2D eigenvalue weighted by atomic mass is 9.87. The highest BCUT2D eigenvalue weighted by Gasteiger charge is 2.25. The van der Waals surface area contributed by atoms with Gasteiger partial charge < -0.3 is 10.6 Å². The van der Waals surface area contributed by atoms with Crippen molar-refractivity contribution in [3.05, 3.63) is 33.8 Å². The van der Waals surface area contributed by atoms with Crippen molar-refractivity contribution in [1.29, 1.82) is 0 Å². The van der Waals surface area contributed by atoms with Crippen LogP contribution in [0.1, 0.15) is 62.1 Å². The highest BCUT2D eigenvalue weighted by molar-refractivity contribution is 9.10. The van der Waals surface area contributed by atoms with E-state index in [0.717, 1.165) is 30.2 Å². The maximum Gasteiger partial charge on any atom is 0.239 e. The van der Waals surface area contributed by atoms with Gasteiger partial charge in [-0.1, -0.05) is 47.3 Å².